The molecule has 0 saturated heterocycles. The Morgan fingerprint density at radius 3 is 2.11 bits per heavy atom. The fourth-order valence-corrected chi connectivity index (χ4v) is 3.94. The Morgan fingerprint density at radius 2 is 1.49 bits per heavy atom. The molecule has 1 heterocycles. The molecule has 7 nitrogen and oxygen atoms in total. The topological polar surface area (TPSA) is 79.8 Å². The fraction of sp³-hybridized carbons (Fsp3) is 0.276. The van der Waals surface area contributed by atoms with Crippen LogP contribution in [0.1, 0.15) is 12.7 Å². The van der Waals surface area contributed by atoms with Crippen LogP contribution in [0.25, 0.3) is 22.5 Å². The molecule has 0 fully saturated rings. The summed E-state index contributed by atoms with van der Waals surface area (Å²) in [5, 5.41) is 10.7. The number of nitrogens with one attached hydrogen (secondary N) is 1. The highest BCUT2D eigenvalue weighted by Gasteiger charge is 2.15. The van der Waals surface area contributed by atoms with Gasteiger partial charge < -0.3 is 29.2 Å². The number of imidazole rings is 1. The molecule has 0 unspecified atom stereocenters. The second-order valence-corrected chi connectivity index (χ2v) is 9.31. The monoisotopic (exact) mass is 521 g/mol. The van der Waals surface area contributed by atoms with E-state index in [4.69, 9.17) is 30.8 Å². The van der Waals surface area contributed by atoms with E-state index < -0.39 is 6.10 Å². The van der Waals surface area contributed by atoms with Gasteiger partial charge in [0.1, 0.15) is 42.4 Å². The van der Waals surface area contributed by atoms with Gasteiger partial charge in [-0.3, -0.25) is 0 Å². The number of nitrogens with zero attached hydrogens (tertiary/aromatic N) is 2. The normalized spacial score (nSPS) is 12.1. The maximum absolute atomic E-state index is 10.1. The predicted molar refractivity (Wildman–Crippen MR) is 146 cm³/mol. The molecule has 2 N–H and O–H groups in total. The number of aliphatic hydroxyl groups is 1. The summed E-state index contributed by atoms with van der Waals surface area (Å²) < 4.78 is 17.3. The predicted octanol–water partition coefficient (Wildman–Crippen LogP) is 6.03. The van der Waals surface area contributed by atoms with Gasteiger partial charge in [-0.25, -0.2) is 4.98 Å². The highest BCUT2D eigenvalue weighted by Crippen LogP contribution is 2.33. The number of aliphatic hydroxyl groups excluding tert-OH is 1. The van der Waals surface area contributed by atoms with Crippen LogP contribution < -0.4 is 9.47 Å². The van der Waals surface area contributed by atoms with Gasteiger partial charge in [-0.15, -0.1) is 0 Å². The van der Waals surface area contributed by atoms with E-state index >= 15 is 0 Å². The zero-order valence-corrected chi connectivity index (χ0v) is 22.0. The number of benzene rings is 3. The standard InChI is InChI=1S/C29H32ClN3O4/c1-4-35-19-27-31-28(20-5-11-24(12-6-20)36-18-23(34)17-33(2)3)29(32-27)21-7-13-25(14-8-21)37-26-15-9-22(30)10-16-26/h5-16,23,34H,4,17-19H2,1-3H3,(H,31,32)/t23-/m0/s1. The van der Waals surface area contributed by atoms with Crippen molar-refractivity contribution >= 4 is 11.6 Å². The first-order valence-electron chi connectivity index (χ1n) is 12.2. The lowest BCUT2D eigenvalue weighted by molar-refractivity contribution is 0.0831. The third kappa shape index (κ3) is 7.57. The minimum Gasteiger partial charge on any atom is -0.491 e. The van der Waals surface area contributed by atoms with Crippen LogP contribution >= 0.6 is 11.6 Å². The molecule has 3 aromatic carbocycles. The van der Waals surface area contributed by atoms with Crippen LogP contribution in [0, 0.1) is 0 Å². The first-order valence-corrected chi connectivity index (χ1v) is 12.6. The van der Waals surface area contributed by atoms with E-state index in [1.807, 2.05) is 86.6 Å². The number of hydrogen-bond donors (Lipinski definition) is 2. The molecule has 4 rings (SSSR count). The Hall–Kier alpha value is -3.36. The Balaban J connectivity index is 1.53. The number of H-pyrrole nitrogens is 1. The Kier molecular flexibility index (Phi) is 9.19. The lowest BCUT2D eigenvalue weighted by Gasteiger charge is -2.16. The number of rotatable bonds is 12. The Bertz CT molecular complexity index is 1260. The number of ether oxygens (including phenoxy) is 3. The van der Waals surface area contributed by atoms with Gasteiger partial charge >= 0.3 is 0 Å². The summed E-state index contributed by atoms with van der Waals surface area (Å²) in [5.41, 5.74) is 3.63. The highest BCUT2D eigenvalue weighted by atomic mass is 35.5. The molecule has 8 heteroatoms. The van der Waals surface area contributed by atoms with Crippen LogP contribution in [0.5, 0.6) is 17.2 Å². The van der Waals surface area contributed by atoms with Crippen LogP contribution in [0.3, 0.4) is 0 Å². The Labute approximate surface area is 222 Å². The SMILES string of the molecule is CCOCc1nc(-c2ccc(OC[C@@H](O)CN(C)C)cc2)c(-c2ccc(Oc3ccc(Cl)cc3)cc2)[nH]1. The summed E-state index contributed by atoms with van der Waals surface area (Å²) in [4.78, 5) is 10.2. The van der Waals surface area contributed by atoms with E-state index in [-0.39, 0.29) is 6.61 Å². The van der Waals surface area contributed by atoms with Gasteiger partial charge in [0.15, 0.2) is 0 Å². The summed E-state index contributed by atoms with van der Waals surface area (Å²) in [6.45, 7) is 3.73. The van der Waals surface area contributed by atoms with Gasteiger partial charge in [0.05, 0.1) is 11.4 Å². The van der Waals surface area contributed by atoms with Gasteiger partial charge in [-0.2, -0.15) is 0 Å². The van der Waals surface area contributed by atoms with E-state index in [0.29, 0.717) is 30.5 Å². The lowest BCUT2D eigenvalue weighted by Crippen LogP contribution is -2.30. The van der Waals surface area contributed by atoms with Crippen LogP contribution in [0.2, 0.25) is 5.02 Å². The van der Waals surface area contributed by atoms with Crippen LogP contribution in [-0.4, -0.2) is 59.9 Å². The second kappa shape index (κ2) is 12.7. The van der Waals surface area contributed by atoms with Crippen molar-refractivity contribution in [3.05, 3.63) is 83.6 Å². The summed E-state index contributed by atoms with van der Waals surface area (Å²) >= 11 is 5.96. The van der Waals surface area contributed by atoms with E-state index in [1.165, 1.54) is 0 Å². The third-order valence-corrected chi connectivity index (χ3v) is 5.79. The summed E-state index contributed by atoms with van der Waals surface area (Å²) in [7, 11) is 3.83. The summed E-state index contributed by atoms with van der Waals surface area (Å²) in [6.07, 6.45) is -0.555. The van der Waals surface area contributed by atoms with Crippen molar-refractivity contribution in [1.82, 2.24) is 14.9 Å². The van der Waals surface area contributed by atoms with E-state index in [1.54, 1.807) is 12.1 Å². The maximum Gasteiger partial charge on any atom is 0.133 e. The summed E-state index contributed by atoms with van der Waals surface area (Å²) in [6, 6.07) is 22.8. The average molecular weight is 522 g/mol. The van der Waals surface area contributed by atoms with Crippen molar-refractivity contribution in [2.45, 2.75) is 19.6 Å². The van der Waals surface area contributed by atoms with E-state index in [9.17, 15) is 5.11 Å². The van der Waals surface area contributed by atoms with Gasteiger partial charge in [0, 0.05) is 29.3 Å². The first-order chi connectivity index (χ1) is 17.9. The van der Waals surface area contributed by atoms with Crippen LogP contribution in [-0.2, 0) is 11.3 Å². The van der Waals surface area contributed by atoms with E-state index in [2.05, 4.69) is 4.98 Å². The minimum atomic E-state index is -0.555. The quantitative estimate of drug-likeness (QED) is 0.237. The van der Waals surface area contributed by atoms with Crippen molar-refractivity contribution in [1.29, 1.82) is 0 Å². The van der Waals surface area contributed by atoms with Crippen molar-refractivity contribution in [3.63, 3.8) is 0 Å². The zero-order valence-electron chi connectivity index (χ0n) is 21.3. The Morgan fingerprint density at radius 1 is 0.892 bits per heavy atom. The van der Waals surface area contributed by atoms with Crippen molar-refractivity contribution in [2.75, 3.05) is 33.9 Å². The van der Waals surface area contributed by atoms with E-state index in [0.717, 1.165) is 39.8 Å². The molecule has 0 aliphatic heterocycles. The fourth-order valence-electron chi connectivity index (χ4n) is 3.81. The molecule has 0 aliphatic rings. The highest BCUT2D eigenvalue weighted by molar-refractivity contribution is 6.30. The summed E-state index contributed by atoms with van der Waals surface area (Å²) in [5.74, 6) is 2.88. The molecule has 194 valence electrons. The first kappa shape index (κ1) is 26.7. The van der Waals surface area contributed by atoms with Crippen molar-refractivity contribution < 1.29 is 19.3 Å². The average Bonchev–Trinajstić information content (AvgIpc) is 3.32. The van der Waals surface area contributed by atoms with Gasteiger partial charge in [-0.05, 0) is 93.8 Å². The van der Waals surface area contributed by atoms with Crippen molar-refractivity contribution in [3.8, 4) is 39.8 Å². The maximum atomic E-state index is 10.1. The van der Waals surface area contributed by atoms with Crippen LogP contribution in [0.4, 0.5) is 0 Å². The molecular weight excluding hydrogens is 490 g/mol. The molecular formula is C29H32ClN3O4. The van der Waals surface area contributed by atoms with Gasteiger partial charge in [0.25, 0.3) is 0 Å². The van der Waals surface area contributed by atoms with Gasteiger partial charge in [-0.1, -0.05) is 11.6 Å². The molecule has 0 bridgehead atoms. The molecule has 0 radical (unpaired) electrons. The third-order valence-electron chi connectivity index (χ3n) is 5.53. The van der Waals surface area contributed by atoms with Gasteiger partial charge in [0.2, 0.25) is 0 Å². The molecule has 0 aliphatic carbocycles. The minimum absolute atomic E-state index is 0.230. The molecule has 0 saturated carbocycles. The molecule has 1 atom stereocenters. The second-order valence-electron chi connectivity index (χ2n) is 8.88. The lowest BCUT2D eigenvalue weighted by atomic mass is 10.0. The largest absolute Gasteiger partial charge is 0.491 e. The molecule has 4 aromatic rings. The molecule has 37 heavy (non-hydrogen) atoms. The smallest absolute Gasteiger partial charge is 0.133 e. The number of aromatic amines is 1. The number of aromatic nitrogens is 2. The molecule has 1 aromatic heterocycles. The molecule has 0 amide bonds. The number of likely N-dealkylation sites (N-methyl/N-ethyl adjacent to an activating group) is 1. The molecule has 0 spiro atoms. The number of hydrogen-bond acceptors (Lipinski definition) is 6. The van der Waals surface area contributed by atoms with Crippen LogP contribution in [0.15, 0.2) is 72.8 Å². The van der Waals surface area contributed by atoms with Crippen molar-refractivity contribution in [2.24, 2.45) is 0 Å². The zero-order chi connectivity index (χ0) is 26.2. The number of halogens is 1.